The second-order valence-corrected chi connectivity index (χ2v) is 7.21. The van der Waals surface area contributed by atoms with E-state index in [1.807, 2.05) is 4.72 Å². The number of ether oxygens (including phenoxy) is 1. The molecule has 1 rings (SSSR count). The van der Waals surface area contributed by atoms with Crippen molar-refractivity contribution in [3.8, 4) is 0 Å². The standard InChI is InChI=1S/C15H20FN3O6S/c1-10(2)19-13(20)7-17-14(21)9-25-15(22)8-18-26(23,24)12-5-3-11(16)4-6-12/h3-6,10,18H,7-9H2,1-2H3,(H,17,21)(H,19,20). The quantitative estimate of drug-likeness (QED) is 0.478. The van der Waals surface area contributed by atoms with Gasteiger partial charge in [0.25, 0.3) is 5.91 Å². The van der Waals surface area contributed by atoms with E-state index in [-0.39, 0.29) is 17.5 Å². The minimum atomic E-state index is -4.01. The van der Waals surface area contributed by atoms with Crippen LogP contribution < -0.4 is 15.4 Å². The zero-order valence-corrected chi connectivity index (χ0v) is 15.1. The van der Waals surface area contributed by atoms with E-state index < -0.39 is 46.8 Å². The smallest absolute Gasteiger partial charge is 0.321 e. The summed E-state index contributed by atoms with van der Waals surface area (Å²) in [6.45, 7) is 1.88. The van der Waals surface area contributed by atoms with Gasteiger partial charge in [-0.3, -0.25) is 14.4 Å². The van der Waals surface area contributed by atoms with Crippen LogP contribution >= 0.6 is 0 Å². The molecule has 144 valence electrons. The molecule has 1 aromatic carbocycles. The van der Waals surface area contributed by atoms with E-state index in [2.05, 4.69) is 15.4 Å². The molecule has 0 aliphatic rings. The lowest BCUT2D eigenvalue weighted by atomic mass is 10.4. The normalized spacial score (nSPS) is 11.1. The molecule has 2 amide bonds. The summed E-state index contributed by atoms with van der Waals surface area (Å²) in [6.07, 6.45) is 0. The van der Waals surface area contributed by atoms with Crippen LogP contribution in [0.4, 0.5) is 4.39 Å². The Kier molecular flexibility index (Phi) is 8.13. The minimum Gasteiger partial charge on any atom is -0.455 e. The molecule has 0 aliphatic heterocycles. The highest BCUT2D eigenvalue weighted by molar-refractivity contribution is 7.89. The molecule has 11 heteroatoms. The first-order valence-corrected chi connectivity index (χ1v) is 9.05. The zero-order valence-electron chi connectivity index (χ0n) is 14.2. The molecule has 0 aromatic heterocycles. The molecule has 26 heavy (non-hydrogen) atoms. The van der Waals surface area contributed by atoms with Gasteiger partial charge < -0.3 is 15.4 Å². The summed E-state index contributed by atoms with van der Waals surface area (Å²) in [5, 5.41) is 4.80. The molecule has 0 fully saturated rings. The summed E-state index contributed by atoms with van der Waals surface area (Å²) in [5.41, 5.74) is 0. The van der Waals surface area contributed by atoms with Crippen LogP contribution in [0.1, 0.15) is 13.8 Å². The fourth-order valence-electron chi connectivity index (χ4n) is 1.65. The van der Waals surface area contributed by atoms with E-state index in [4.69, 9.17) is 0 Å². The van der Waals surface area contributed by atoms with Gasteiger partial charge in [-0.15, -0.1) is 0 Å². The average molecular weight is 389 g/mol. The molecule has 0 saturated carbocycles. The number of nitrogens with one attached hydrogen (secondary N) is 3. The fourth-order valence-corrected chi connectivity index (χ4v) is 2.62. The molecule has 0 bridgehead atoms. The van der Waals surface area contributed by atoms with Crippen LogP contribution in [0.15, 0.2) is 29.2 Å². The van der Waals surface area contributed by atoms with Gasteiger partial charge in [0, 0.05) is 6.04 Å². The largest absolute Gasteiger partial charge is 0.455 e. The van der Waals surface area contributed by atoms with Crippen molar-refractivity contribution in [1.82, 2.24) is 15.4 Å². The van der Waals surface area contributed by atoms with Crippen molar-refractivity contribution < 1.29 is 31.9 Å². The molecule has 0 spiro atoms. The number of carbonyl (C=O) groups excluding carboxylic acids is 3. The summed E-state index contributed by atoms with van der Waals surface area (Å²) < 4.78 is 43.1. The Labute approximate surface area is 150 Å². The van der Waals surface area contributed by atoms with Crippen LogP contribution in [-0.4, -0.2) is 51.9 Å². The third-order valence-electron chi connectivity index (χ3n) is 2.79. The molecular weight excluding hydrogens is 369 g/mol. The van der Waals surface area contributed by atoms with Gasteiger partial charge in [0.15, 0.2) is 6.61 Å². The fraction of sp³-hybridized carbons (Fsp3) is 0.400. The van der Waals surface area contributed by atoms with Crippen LogP contribution in [0.5, 0.6) is 0 Å². The first-order chi connectivity index (χ1) is 12.1. The number of esters is 1. The van der Waals surface area contributed by atoms with Gasteiger partial charge in [0.05, 0.1) is 11.4 Å². The second kappa shape index (κ2) is 9.82. The third kappa shape index (κ3) is 8.03. The number of hydrogen-bond acceptors (Lipinski definition) is 6. The molecule has 0 unspecified atom stereocenters. The number of amides is 2. The van der Waals surface area contributed by atoms with E-state index in [9.17, 15) is 27.2 Å². The first-order valence-electron chi connectivity index (χ1n) is 7.57. The lowest BCUT2D eigenvalue weighted by Gasteiger charge is -2.10. The zero-order chi connectivity index (χ0) is 19.7. The predicted octanol–water partition coefficient (Wildman–Crippen LogP) is -0.712. The van der Waals surface area contributed by atoms with Crippen LogP contribution in [0.2, 0.25) is 0 Å². The number of benzene rings is 1. The Morgan fingerprint density at radius 3 is 2.27 bits per heavy atom. The predicted molar refractivity (Wildman–Crippen MR) is 88.8 cm³/mol. The molecular formula is C15H20FN3O6S. The topological polar surface area (TPSA) is 131 Å². The maximum absolute atomic E-state index is 12.8. The van der Waals surface area contributed by atoms with Crippen LogP contribution in [-0.2, 0) is 29.1 Å². The van der Waals surface area contributed by atoms with Gasteiger partial charge in [-0.2, -0.15) is 4.72 Å². The van der Waals surface area contributed by atoms with Crippen LogP contribution in [0, 0.1) is 5.82 Å². The lowest BCUT2D eigenvalue weighted by molar-refractivity contribution is -0.147. The second-order valence-electron chi connectivity index (χ2n) is 5.44. The van der Waals surface area contributed by atoms with E-state index in [1.165, 1.54) is 0 Å². The lowest BCUT2D eigenvalue weighted by Crippen LogP contribution is -2.41. The molecule has 1 aromatic rings. The summed E-state index contributed by atoms with van der Waals surface area (Å²) in [6, 6.07) is 3.93. The highest BCUT2D eigenvalue weighted by Gasteiger charge is 2.17. The van der Waals surface area contributed by atoms with E-state index in [0.717, 1.165) is 24.3 Å². The molecule has 0 radical (unpaired) electrons. The summed E-state index contributed by atoms with van der Waals surface area (Å²) in [7, 11) is -4.01. The molecule has 0 saturated heterocycles. The summed E-state index contributed by atoms with van der Waals surface area (Å²) in [4.78, 5) is 34.1. The van der Waals surface area contributed by atoms with Crippen molar-refractivity contribution in [2.75, 3.05) is 19.7 Å². The monoisotopic (exact) mass is 389 g/mol. The maximum Gasteiger partial charge on any atom is 0.321 e. The van der Waals surface area contributed by atoms with Crippen molar-refractivity contribution in [3.05, 3.63) is 30.1 Å². The Balaban J connectivity index is 2.34. The highest BCUT2D eigenvalue weighted by atomic mass is 32.2. The number of carbonyl (C=O) groups is 3. The van der Waals surface area contributed by atoms with Gasteiger partial charge in [0.1, 0.15) is 12.4 Å². The van der Waals surface area contributed by atoms with Crippen molar-refractivity contribution in [1.29, 1.82) is 0 Å². The SMILES string of the molecule is CC(C)NC(=O)CNC(=O)COC(=O)CNS(=O)(=O)c1ccc(F)cc1. The van der Waals surface area contributed by atoms with Gasteiger partial charge >= 0.3 is 5.97 Å². The van der Waals surface area contributed by atoms with Crippen LogP contribution in [0.3, 0.4) is 0 Å². The van der Waals surface area contributed by atoms with Gasteiger partial charge in [0.2, 0.25) is 15.9 Å². The highest BCUT2D eigenvalue weighted by Crippen LogP contribution is 2.09. The van der Waals surface area contributed by atoms with E-state index in [0.29, 0.717) is 0 Å². The van der Waals surface area contributed by atoms with E-state index in [1.54, 1.807) is 13.8 Å². The van der Waals surface area contributed by atoms with Crippen molar-refractivity contribution in [3.63, 3.8) is 0 Å². The number of sulfonamides is 1. The van der Waals surface area contributed by atoms with Gasteiger partial charge in [-0.25, -0.2) is 12.8 Å². The molecule has 9 nitrogen and oxygen atoms in total. The minimum absolute atomic E-state index is 0.0774. The average Bonchev–Trinajstić information content (AvgIpc) is 2.56. The molecule has 3 N–H and O–H groups in total. The molecule has 0 atom stereocenters. The first kappa shape index (κ1) is 21.5. The van der Waals surface area contributed by atoms with Gasteiger partial charge in [-0.1, -0.05) is 0 Å². The summed E-state index contributed by atoms with van der Waals surface area (Å²) >= 11 is 0. The number of halogens is 1. The molecule has 0 heterocycles. The van der Waals surface area contributed by atoms with Crippen molar-refractivity contribution in [2.24, 2.45) is 0 Å². The number of hydrogen-bond donors (Lipinski definition) is 3. The Bertz CT molecular complexity index is 749. The number of rotatable bonds is 9. The van der Waals surface area contributed by atoms with Gasteiger partial charge in [-0.05, 0) is 38.1 Å². The van der Waals surface area contributed by atoms with Crippen LogP contribution in [0.25, 0.3) is 0 Å². The van der Waals surface area contributed by atoms with Crippen molar-refractivity contribution in [2.45, 2.75) is 24.8 Å². The third-order valence-corrected chi connectivity index (χ3v) is 4.21. The Morgan fingerprint density at radius 1 is 1.08 bits per heavy atom. The van der Waals surface area contributed by atoms with E-state index >= 15 is 0 Å². The van der Waals surface area contributed by atoms with Crippen molar-refractivity contribution >= 4 is 27.8 Å². The molecule has 0 aliphatic carbocycles. The maximum atomic E-state index is 12.8. The Hall–Kier alpha value is -2.53. The Morgan fingerprint density at radius 2 is 1.69 bits per heavy atom. The summed E-state index contributed by atoms with van der Waals surface area (Å²) in [5.74, 6) is -2.70.